The molecule has 0 aliphatic carbocycles. The van der Waals surface area contributed by atoms with Crippen LogP contribution in [-0.2, 0) is 0 Å². The monoisotopic (exact) mass is 276 g/mol. The number of aromatic amines is 2. The number of hydrogen-bond acceptors (Lipinski definition) is 4. The van der Waals surface area contributed by atoms with Crippen molar-refractivity contribution in [2.75, 3.05) is 7.11 Å². The lowest BCUT2D eigenvalue weighted by Crippen LogP contribution is -1.99. The van der Waals surface area contributed by atoms with Gasteiger partial charge in [0.15, 0.2) is 0 Å². The molecule has 2 aromatic heterocycles. The average molecular weight is 276 g/mol. The number of benzene rings is 1. The van der Waals surface area contributed by atoms with Gasteiger partial charge in [0.25, 0.3) is 0 Å². The number of aromatic nitrogens is 2. The third kappa shape index (κ3) is 2.05. The summed E-state index contributed by atoms with van der Waals surface area (Å²) in [7, 11) is 1.57. The van der Waals surface area contributed by atoms with Crippen LogP contribution < -0.4 is 10.4 Å². The number of rotatable bonds is 3. The molecule has 0 fully saturated rings. The molecule has 3 aromatic rings. The highest BCUT2D eigenvalue weighted by molar-refractivity contribution is 7.10. The predicted octanol–water partition coefficient (Wildman–Crippen LogP) is 2.01. The van der Waals surface area contributed by atoms with E-state index in [4.69, 9.17) is 4.74 Å². The van der Waals surface area contributed by atoms with Gasteiger partial charge in [0, 0.05) is 0 Å². The Labute approximate surface area is 112 Å². The number of nitrogens with one attached hydrogen (secondary N) is 2. The fourth-order valence-corrected chi connectivity index (χ4v) is 2.92. The molecule has 0 spiro atoms. The standard InChI is InChI=1S/C13H12N2O3S/c1-18-10-4-5-19-12(10)11(16)7-2-3-8-9(6-7)15-13(17)14-8/h2-6,11,16H,1H3,(H2,14,15,17). The van der Waals surface area contributed by atoms with Crippen LogP contribution in [0.25, 0.3) is 11.0 Å². The molecule has 5 nitrogen and oxygen atoms in total. The van der Waals surface area contributed by atoms with Gasteiger partial charge in [-0.25, -0.2) is 4.79 Å². The average Bonchev–Trinajstić information content (AvgIpc) is 3.01. The van der Waals surface area contributed by atoms with Crippen LogP contribution in [0.3, 0.4) is 0 Å². The van der Waals surface area contributed by atoms with E-state index in [-0.39, 0.29) is 5.69 Å². The highest BCUT2D eigenvalue weighted by Crippen LogP contribution is 2.35. The molecular weight excluding hydrogens is 264 g/mol. The fourth-order valence-electron chi connectivity index (χ4n) is 2.05. The Morgan fingerprint density at radius 3 is 2.84 bits per heavy atom. The van der Waals surface area contributed by atoms with Gasteiger partial charge in [0.1, 0.15) is 11.9 Å². The number of ether oxygens (including phenoxy) is 1. The smallest absolute Gasteiger partial charge is 0.323 e. The molecule has 3 rings (SSSR count). The number of imidazole rings is 1. The van der Waals surface area contributed by atoms with Crippen molar-refractivity contribution in [2.24, 2.45) is 0 Å². The molecule has 0 bridgehead atoms. The first-order valence-electron chi connectivity index (χ1n) is 5.70. The molecule has 1 atom stereocenters. The summed E-state index contributed by atoms with van der Waals surface area (Å²) in [5.41, 5.74) is 1.86. The zero-order chi connectivity index (χ0) is 13.4. The molecule has 19 heavy (non-hydrogen) atoms. The second-order valence-corrected chi connectivity index (χ2v) is 5.09. The van der Waals surface area contributed by atoms with E-state index in [1.165, 1.54) is 11.3 Å². The third-order valence-corrected chi connectivity index (χ3v) is 3.93. The molecule has 0 saturated heterocycles. The second-order valence-electron chi connectivity index (χ2n) is 4.14. The number of thiophene rings is 1. The van der Waals surface area contributed by atoms with E-state index in [0.717, 1.165) is 10.4 Å². The van der Waals surface area contributed by atoms with E-state index in [1.807, 2.05) is 11.4 Å². The summed E-state index contributed by atoms with van der Waals surface area (Å²) in [6.45, 7) is 0. The molecule has 2 heterocycles. The number of methoxy groups -OCH3 is 1. The van der Waals surface area contributed by atoms with Gasteiger partial charge in [0.2, 0.25) is 0 Å². The lowest BCUT2D eigenvalue weighted by molar-refractivity contribution is 0.219. The fraction of sp³-hybridized carbons (Fsp3) is 0.154. The number of H-pyrrole nitrogens is 2. The van der Waals surface area contributed by atoms with E-state index in [9.17, 15) is 9.90 Å². The maximum absolute atomic E-state index is 11.2. The van der Waals surface area contributed by atoms with Crippen LogP contribution in [0.1, 0.15) is 16.5 Å². The van der Waals surface area contributed by atoms with Crippen LogP contribution in [0.5, 0.6) is 5.75 Å². The first kappa shape index (κ1) is 12.0. The molecule has 0 aliphatic heterocycles. The minimum Gasteiger partial charge on any atom is -0.495 e. The summed E-state index contributed by atoms with van der Waals surface area (Å²) in [6.07, 6.45) is -0.766. The summed E-state index contributed by atoms with van der Waals surface area (Å²) in [5, 5.41) is 12.3. The molecule has 1 aromatic carbocycles. The van der Waals surface area contributed by atoms with E-state index in [1.54, 1.807) is 25.3 Å². The highest BCUT2D eigenvalue weighted by atomic mass is 32.1. The number of aliphatic hydroxyl groups is 1. The minimum absolute atomic E-state index is 0.254. The Hall–Kier alpha value is -2.05. The molecule has 0 saturated carbocycles. The van der Waals surface area contributed by atoms with Crippen molar-refractivity contribution in [2.45, 2.75) is 6.10 Å². The Morgan fingerprint density at radius 2 is 2.05 bits per heavy atom. The van der Waals surface area contributed by atoms with Crippen LogP contribution in [0, 0.1) is 0 Å². The molecule has 3 N–H and O–H groups in total. The molecule has 0 radical (unpaired) electrons. The predicted molar refractivity (Wildman–Crippen MR) is 73.9 cm³/mol. The quantitative estimate of drug-likeness (QED) is 0.684. The Kier molecular flexibility index (Phi) is 2.88. The van der Waals surface area contributed by atoms with E-state index in [0.29, 0.717) is 16.8 Å². The van der Waals surface area contributed by atoms with E-state index < -0.39 is 6.10 Å². The lowest BCUT2D eigenvalue weighted by Gasteiger charge is -2.11. The first-order valence-corrected chi connectivity index (χ1v) is 6.58. The van der Waals surface area contributed by atoms with Crippen LogP contribution in [0.15, 0.2) is 34.4 Å². The Balaban J connectivity index is 2.05. The van der Waals surface area contributed by atoms with Gasteiger partial charge in [-0.3, -0.25) is 0 Å². The summed E-state index contributed by atoms with van der Waals surface area (Å²) in [6, 6.07) is 7.14. The topological polar surface area (TPSA) is 78.1 Å². The lowest BCUT2D eigenvalue weighted by atomic mass is 10.1. The van der Waals surface area contributed by atoms with Crippen molar-refractivity contribution in [3.05, 3.63) is 50.6 Å². The van der Waals surface area contributed by atoms with Crippen molar-refractivity contribution in [1.29, 1.82) is 0 Å². The molecular formula is C13H12N2O3S. The zero-order valence-corrected chi connectivity index (χ0v) is 11.0. The summed E-state index contributed by atoms with van der Waals surface area (Å²) < 4.78 is 5.21. The minimum atomic E-state index is -0.766. The molecule has 1 unspecified atom stereocenters. The normalized spacial score (nSPS) is 12.7. The van der Waals surface area contributed by atoms with Gasteiger partial charge >= 0.3 is 5.69 Å². The van der Waals surface area contributed by atoms with Crippen molar-refractivity contribution >= 4 is 22.4 Å². The molecule has 0 amide bonds. The first-order chi connectivity index (χ1) is 9.19. The van der Waals surface area contributed by atoms with Crippen molar-refractivity contribution < 1.29 is 9.84 Å². The molecule has 98 valence electrons. The van der Waals surface area contributed by atoms with Crippen LogP contribution in [0.2, 0.25) is 0 Å². The SMILES string of the molecule is COc1ccsc1C(O)c1ccc2[nH]c(=O)[nH]c2c1. The third-order valence-electron chi connectivity index (χ3n) is 2.98. The van der Waals surface area contributed by atoms with Crippen LogP contribution >= 0.6 is 11.3 Å². The summed E-state index contributed by atoms with van der Waals surface area (Å²) in [5.74, 6) is 0.667. The number of aliphatic hydroxyl groups excluding tert-OH is 1. The van der Waals surface area contributed by atoms with E-state index >= 15 is 0 Å². The maximum Gasteiger partial charge on any atom is 0.323 e. The van der Waals surface area contributed by atoms with Gasteiger partial charge in [-0.1, -0.05) is 6.07 Å². The zero-order valence-electron chi connectivity index (χ0n) is 10.1. The van der Waals surface area contributed by atoms with Gasteiger partial charge in [-0.2, -0.15) is 0 Å². The maximum atomic E-state index is 11.2. The number of hydrogen-bond donors (Lipinski definition) is 3. The van der Waals surface area contributed by atoms with Crippen molar-refractivity contribution in [3.63, 3.8) is 0 Å². The summed E-state index contributed by atoms with van der Waals surface area (Å²) >= 11 is 1.43. The highest BCUT2D eigenvalue weighted by Gasteiger charge is 2.17. The van der Waals surface area contributed by atoms with E-state index in [2.05, 4.69) is 9.97 Å². The van der Waals surface area contributed by atoms with Gasteiger partial charge in [-0.15, -0.1) is 11.3 Å². The Morgan fingerprint density at radius 1 is 1.26 bits per heavy atom. The molecule has 0 aliphatic rings. The summed E-state index contributed by atoms with van der Waals surface area (Å²) in [4.78, 5) is 17.3. The van der Waals surface area contributed by atoms with Crippen LogP contribution in [0.4, 0.5) is 0 Å². The van der Waals surface area contributed by atoms with Gasteiger partial charge < -0.3 is 19.8 Å². The van der Waals surface area contributed by atoms with Crippen LogP contribution in [-0.4, -0.2) is 22.2 Å². The second kappa shape index (κ2) is 4.56. The largest absolute Gasteiger partial charge is 0.495 e. The number of fused-ring (bicyclic) bond motifs is 1. The van der Waals surface area contributed by atoms with Gasteiger partial charge in [-0.05, 0) is 29.1 Å². The van der Waals surface area contributed by atoms with Crippen molar-refractivity contribution in [1.82, 2.24) is 9.97 Å². The Bertz CT molecular complexity index is 771. The van der Waals surface area contributed by atoms with Crippen molar-refractivity contribution in [3.8, 4) is 5.75 Å². The molecule has 6 heteroatoms. The van der Waals surface area contributed by atoms with Gasteiger partial charge in [0.05, 0.1) is 23.0 Å².